The number of rotatable bonds is 5. The quantitative estimate of drug-likeness (QED) is 0.736. The number of aromatic nitrogens is 3. The lowest BCUT2D eigenvalue weighted by molar-refractivity contribution is 0.0368. The average Bonchev–Trinajstić information content (AvgIpc) is 2.72. The smallest absolute Gasteiger partial charge is 0.195 e. The summed E-state index contributed by atoms with van der Waals surface area (Å²) in [7, 11) is 0. The van der Waals surface area contributed by atoms with E-state index in [0.29, 0.717) is 10.6 Å². The monoisotopic (exact) mass is 258 g/mol. The van der Waals surface area contributed by atoms with E-state index < -0.39 is 0 Å². The lowest BCUT2D eigenvalue weighted by Gasteiger charge is -2.26. The van der Waals surface area contributed by atoms with Crippen molar-refractivity contribution in [2.45, 2.75) is 19.6 Å². The summed E-state index contributed by atoms with van der Waals surface area (Å²) in [6, 6.07) is 0. The van der Waals surface area contributed by atoms with E-state index in [1.54, 1.807) is 0 Å². The first-order valence-corrected chi connectivity index (χ1v) is 6.27. The predicted molar refractivity (Wildman–Crippen MR) is 65.2 cm³/mol. The topological polar surface area (TPSA) is 66.3 Å². The standard InChI is InChI=1S/C10H18N4O2S/c15-8-9-11-12-10(17)14(9)3-1-2-13-4-6-16-7-5-13/h15H,1-8H2,(H,12,17). The molecule has 1 fully saturated rings. The summed E-state index contributed by atoms with van der Waals surface area (Å²) in [4.78, 5) is 2.38. The first-order valence-electron chi connectivity index (χ1n) is 5.86. The van der Waals surface area contributed by atoms with Crippen molar-refractivity contribution < 1.29 is 9.84 Å². The van der Waals surface area contributed by atoms with Crippen LogP contribution in [-0.2, 0) is 17.9 Å². The van der Waals surface area contributed by atoms with E-state index in [1.807, 2.05) is 4.57 Å². The zero-order chi connectivity index (χ0) is 12.1. The molecule has 0 amide bonds. The van der Waals surface area contributed by atoms with Gasteiger partial charge in [-0.25, -0.2) is 0 Å². The molecule has 1 aromatic rings. The summed E-state index contributed by atoms with van der Waals surface area (Å²) in [6.45, 7) is 5.40. The molecule has 2 heterocycles. The number of ether oxygens (including phenoxy) is 1. The van der Waals surface area contributed by atoms with Crippen molar-refractivity contribution in [3.8, 4) is 0 Å². The van der Waals surface area contributed by atoms with E-state index >= 15 is 0 Å². The van der Waals surface area contributed by atoms with Crippen molar-refractivity contribution >= 4 is 12.2 Å². The molecule has 1 aliphatic heterocycles. The van der Waals surface area contributed by atoms with Crippen LogP contribution in [0.3, 0.4) is 0 Å². The van der Waals surface area contributed by atoms with Gasteiger partial charge < -0.3 is 14.4 Å². The van der Waals surface area contributed by atoms with Crippen LogP contribution in [-0.4, -0.2) is 57.6 Å². The summed E-state index contributed by atoms with van der Waals surface area (Å²) in [5, 5.41) is 15.8. The van der Waals surface area contributed by atoms with E-state index in [4.69, 9.17) is 22.1 Å². The Hall–Kier alpha value is -0.760. The molecule has 0 aromatic carbocycles. The normalized spacial score (nSPS) is 17.5. The van der Waals surface area contributed by atoms with Gasteiger partial charge in [-0.1, -0.05) is 0 Å². The number of aromatic amines is 1. The van der Waals surface area contributed by atoms with Gasteiger partial charge in [0.05, 0.1) is 13.2 Å². The van der Waals surface area contributed by atoms with E-state index in [1.165, 1.54) is 0 Å². The number of nitrogens with one attached hydrogen (secondary N) is 1. The fourth-order valence-corrected chi connectivity index (χ4v) is 2.22. The van der Waals surface area contributed by atoms with Crippen LogP contribution in [0.15, 0.2) is 0 Å². The van der Waals surface area contributed by atoms with Gasteiger partial charge in [-0.2, -0.15) is 5.10 Å². The summed E-state index contributed by atoms with van der Waals surface area (Å²) in [5.41, 5.74) is 0. The van der Waals surface area contributed by atoms with Crippen LogP contribution in [0, 0.1) is 4.77 Å². The molecule has 0 unspecified atom stereocenters. The van der Waals surface area contributed by atoms with Crippen molar-refractivity contribution in [1.29, 1.82) is 0 Å². The minimum absolute atomic E-state index is 0.0787. The molecule has 7 heteroatoms. The van der Waals surface area contributed by atoms with Crippen LogP contribution < -0.4 is 0 Å². The van der Waals surface area contributed by atoms with E-state index in [2.05, 4.69) is 15.1 Å². The van der Waals surface area contributed by atoms with Crippen LogP contribution >= 0.6 is 12.2 Å². The maximum absolute atomic E-state index is 9.10. The van der Waals surface area contributed by atoms with Gasteiger partial charge >= 0.3 is 0 Å². The van der Waals surface area contributed by atoms with Crippen molar-refractivity contribution in [3.63, 3.8) is 0 Å². The van der Waals surface area contributed by atoms with Crippen LogP contribution in [0.2, 0.25) is 0 Å². The SMILES string of the molecule is OCc1n[nH]c(=S)n1CCCN1CCOCC1. The Bertz CT molecular complexity index is 397. The van der Waals surface area contributed by atoms with Crippen LogP contribution in [0.5, 0.6) is 0 Å². The Labute approximate surface area is 105 Å². The third-order valence-electron chi connectivity index (χ3n) is 2.94. The van der Waals surface area contributed by atoms with Crippen LogP contribution in [0.25, 0.3) is 0 Å². The highest BCUT2D eigenvalue weighted by atomic mass is 32.1. The fraction of sp³-hybridized carbons (Fsp3) is 0.800. The second-order valence-corrected chi connectivity index (χ2v) is 4.45. The highest BCUT2D eigenvalue weighted by molar-refractivity contribution is 7.71. The number of morpholine rings is 1. The molecule has 2 rings (SSSR count). The van der Waals surface area contributed by atoms with Gasteiger partial charge in [0.1, 0.15) is 6.61 Å². The molecule has 1 aromatic heterocycles. The molecule has 17 heavy (non-hydrogen) atoms. The van der Waals surface area contributed by atoms with Crippen molar-refractivity contribution in [2.24, 2.45) is 0 Å². The molecule has 1 aliphatic rings. The fourth-order valence-electron chi connectivity index (χ4n) is 1.98. The van der Waals surface area contributed by atoms with Gasteiger partial charge in [0.25, 0.3) is 0 Å². The van der Waals surface area contributed by atoms with Gasteiger partial charge in [0, 0.05) is 26.2 Å². The highest BCUT2D eigenvalue weighted by Gasteiger charge is 2.10. The number of H-pyrrole nitrogens is 1. The number of hydrogen-bond acceptors (Lipinski definition) is 5. The second kappa shape index (κ2) is 6.25. The van der Waals surface area contributed by atoms with Gasteiger partial charge in [0.2, 0.25) is 0 Å². The van der Waals surface area contributed by atoms with Crippen molar-refractivity contribution in [1.82, 2.24) is 19.7 Å². The van der Waals surface area contributed by atoms with Gasteiger partial charge in [0.15, 0.2) is 10.6 Å². The molecule has 2 N–H and O–H groups in total. The average molecular weight is 258 g/mol. The van der Waals surface area contributed by atoms with E-state index in [9.17, 15) is 0 Å². The summed E-state index contributed by atoms with van der Waals surface area (Å²) in [6.07, 6.45) is 1.00. The summed E-state index contributed by atoms with van der Waals surface area (Å²) in [5.74, 6) is 0.608. The van der Waals surface area contributed by atoms with E-state index in [-0.39, 0.29) is 6.61 Å². The summed E-state index contributed by atoms with van der Waals surface area (Å²) >= 11 is 5.11. The Balaban J connectivity index is 1.81. The molecule has 1 saturated heterocycles. The molecule has 0 saturated carbocycles. The third kappa shape index (κ3) is 3.35. The Morgan fingerprint density at radius 1 is 1.35 bits per heavy atom. The maximum Gasteiger partial charge on any atom is 0.195 e. The van der Waals surface area contributed by atoms with Gasteiger partial charge in [-0.05, 0) is 18.6 Å². The van der Waals surface area contributed by atoms with Gasteiger partial charge in [-0.3, -0.25) is 10.00 Å². The molecule has 0 atom stereocenters. The van der Waals surface area contributed by atoms with Gasteiger partial charge in [-0.15, -0.1) is 0 Å². The first-order chi connectivity index (χ1) is 8.31. The molecule has 6 nitrogen and oxygen atoms in total. The molecule has 0 spiro atoms. The zero-order valence-corrected chi connectivity index (χ0v) is 10.6. The van der Waals surface area contributed by atoms with E-state index in [0.717, 1.165) is 45.8 Å². The first kappa shape index (κ1) is 12.7. The maximum atomic E-state index is 9.10. The minimum Gasteiger partial charge on any atom is -0.388 e. The number of nitrogens with zero attached hydrogens (tertiary/aromatic N) is 3. The van der Waals surface area contributed by atoms with Crippen molar-refractivity contribution in [2.75, 3.05) is 32.8 Å². The zero-order valence-electron chi connectivity index (χ0n) is 9.76. The lowest BCUT2D eigenvalue weighted by Crippen LogP contribution is -2.37. The Morgan fingerprint density at radius 3 is 2.82 bits per heavy atom. The third-order valence-corrected chi connectivity index (χ3v) is 3.25. The Morgan fingerprint density at radius 2 is 2.12 bits per heavy atom. The molecule has 96 valence electrons. The highest BCUT2D eigenvalue weighted by Crippen LogP contribution is 2.03. The Kier molecular flexibility index (Phi) is 4.66. The predicted octanol–water partition coefficient (Wildman–Crippen LogP) is 0.155. The van der Waals surface area contributed by atoms with Crippen molar-refractivity contribution in [3.05, 3.63) is 10.6 Å². The lowest BCUT2D eigenvalue weighted by atomic mass is 10.3. The molecule has 0 aliphatic carbocycles. The van der Waals surface area contributed by atoms with Crippen LogP contribution in [0.1, 0.15) is 12.2 Å². The summed E-state index contributed by atoms with van der Waals surface area (Å²) < 4.78 is 7.73. The number of hydrogen-bond donors (Lipinski definition) is 2. The largest absolute Gasteiger partial charge is 0.388 e. The molecular weight excluding hydrogens is 240 g/mol. The molecule has 0 bridgehead atoms. The number of aliphatic hydroxyl groups is 1. The minimum atomic E-state index is -0.0787. The van der Waals surface area contributed by atoms with Crippen LogP contribution in [0.4, 0.5) is 0 Å². The number of aliphatic hydroxyl groups excluding tert-OH is 1. The molecule has 0 radical (unpaired) electrons. The second-order valence-electron chi connectivity index (χ2n) is 4.06. The molecular formula is C10H18N4O2S.